The molecule has 0 spiro atoms. The second-order valence-electron chi connectivity index (χ2n) is 8.43. The monoisotopic (exact) mass is 436 g/mol. The minimum atomic E-state index is -0.648. The second-order valence-corrected chi connectivity index (χ2v) is 8.43. The molecule has 0 bridgehead atoms. The molecular formula is C26H32N2O4. The van der Waals surface area contributed by atoms with Crippen molar-refractivity contribution in [2.24, 2.45) is 0 Å². The van der Waals surface area contributed by atoms with Crippen molar-refractivity contribution in [3.63, 3.8) is 0 Å². The van der Waals surface area contributed by atoms with Gasteiger partial charge in [-0.25, -0.2) is 0 Å². The van der Waals surface area contributed by atoms with Crippen LogP contribution >= 0.6 is 0 Å². The average Bonchev–Trinajstić information content (AvgIpc) is 3.03. The van der Waals surface area contributed by atoms with Gasteiger partial charge in [0.05, 0.1) is 18.7 Å². The number of aryl methyl sites for hydroxylation is 2. The first-order valence-corrected chi connectivity index (χ1v) is 11.0. The lowest BCUT2D eigenvalue weighted by Crippen LogP contribution is -2.32. The van der Waals surface area contributed by atoms with Crippen molar-refractivity contribution in [2.45, 2.75) is 32.7 Å². The number of carbonyl (C=O) groups excluding carboxylic acids is 2. The topological polar surface area (TPSA) is 70.1 Å². The van der Waals surface area contributed by atoms with Gasteiger partial charge in [-0.15, -0.1) is 0 Å². The van der Waals surface area contributed by atoms with Gasteiger partial charge in [-0.3, -0.25) is 9.59 Å². The summed E-state index contributed by atoms with van der Waals surface area (Å²) < 4.78 is 5.31. The number of hydrogen-bond donors (Lipinski definition) is 1. The van der Waals surface area contributed by atoms with Gasteiger partial charge >= 0.3 is 0 Å². The molecule has 0 radical (unpaired) electrons. The normalized spacial score (nSPS) is 17.9. The van der Waals surface area contributed by atoms with Crippen molar-refractivity contribution in [3.8, 4) is 5.75 Å². The summed E-state index contributed by atoms with van der Waals surface area (Å²) in [5, 5.41) is 11.2. The number of likely N-dealkylation sites (tertiary alicyclic amines) is 1. The first kappa shape index (κ1) is 23.5. The minimum absolute atomic E-state index is 0.133. The standard InChI is InChI=1S/C26H32N2O4/c1-6-18-8-10-19(11-9-18)23-22(24(29)20-12-13-21(32-5)17(2)16-20)25(30)26(31)28(23)15-7-14-27(3)4/h8-13,16,23,29H,6-7,14-15H2,1-5H3/b24-22-. The molecule has 1 aliphatic heterocycles. The predicted molar refractivity (Wildman–Crippen MR) is 126 cm³/mol. The SMILES string of the molecule is CCc1ccc(C2/C(=C(/O)c3ccc(OC)c(C)c3)C(=O)C(=O)N2CCCN(C)C)cc1. The first-order valence-electron chi connectivity index (χ1n) is 11.0. The third-order valence-electron chi connectivity index (χ3n) is 5.92. The van der Waals surface area contributed by atoms with Crippen LogP contribution in [0.4, 0.5) is 0 Å². The van der Waals surface area contributed by atoms with Gasteiger partial charge in [0.25, 0.3) is 11.7 Å². The van der Waals surface area contributed by atoms with Crippen LogP contribution in [0.1, 0.15) is 41.6 Å². The summed E-state index contributed by atoms with van der Waals surface area (Å²) in [6.45, 7) is 5.17. The van der Waals surface area contributed by atoms with E-state index >= 15 is 0 Å². The zero-order valence-electron chi connectivity index (χ0n) is 19.5. The maximum absolute atomic E-state index is 13.1. The maximum atomic E-state index is 13.1. The number of amides is 1. The van der Waals surface area contributed by atoms with Gasteiger partial charge in [-0.1, -0.05) is 31.2 Å². The highest BCUT2D eigenvalue weighted by atomic mass is 16.5. The lowest BCUT2D eigenvalue weighted by Gasteiger charge is -2.26. The molecule has 2 aromatic carbocycles. The Labute approximate surface area is 190 Å². The van der Waals surface area contributed by atoms with Crippen LogP contribution in [0.15, 0.2) is 48.0 Å². The van der Waals surface area contributed by atoms with Crippen molar-refractivity contribution in [1.29, 1.82) is 0 Å². The number of aliphatic hydroxyl groups is 1. The van der Waals surface area contributed by atoms with Gasteiger partial charge in [0.2, 0.25) is 0 Å². The van der Waals surface area contributed by atoms with Gasteiger partial charge in [-0.05, 0) is 75.3 Å². The van der Waals surface area contributed by atoms with E-state index in [1.165, 1.54) is 5.56 Å². The Morgan fingerprint density at radius 1 is 1.12 bits per heavy atom. The van der Waals surface area contributed by atoms with E-state index in [9.17, 15) is 14.7 Å². The number of ketones is 1. The molecule has 1 unspecified atom stereocenters. The lowest BCUT2D eigenvalue weighted by atomic mass is 9.94. The van der Waals surface area contributed by atoms with Crippen molar-refractivity contribution in [1.82, 2.24) is 9.80 Å². The van der Waals surface area contributed by atoms with Gasteiger partial charge in [-0.2, -0.15) is 0 Å². The number of carbonyl (C=O) groups is 2. The molecule has 32 heavy (non-hydrogen) atoms. The number of rotatable bonds is 8. The fourth-order valence-electron chi connectivity index (χ4n) is 4.13. The zero-order chi connectivity index (χ0) is 23.4. The number of aliphatic hydroxyl groups excluding tert-OH is 1. The molecular weight excluding hydrogens is 404 g/mol. The van der Waals surface area contributed by atoms with Gasteiger partial charge in [0, 0.05) is 12.1 Å². The molecule has 1 atom stereocenters. The number of hydrogen-bond acceptors (Lipinski definition) is 5. The van der Waals surface area contributed by atoms with Gasteiger partial charge in [0.15, 0.2) is 0 Å². The number of ether oxygens (including phenoxy) is 1. The van der Waals surface area contributed by atoms with E-state index in [4.69, 9.17) is 4.74 Å². The van der Waals surface area contributed by atoms with E-state index in [2.05, 4.69) is 6.92 Å². The number of Topliss-reactive ketones (excluding diaryl/α,β-unsaturated/α-hetero) is 1. The first-order chi connectivity index (χ1) is 15.3. The van der Waals surface area contributed by atoms with E-state index in [-0.39, 0.29) is 11.3 Å². The van der Waals surface area contributed by atoms with E-state index in [1.54, 1.807) is 30.2 Å². The van der Waals surface area contributed by atoms with Crippen LogP contribution in [0.5, 0.6) is 5.75 Å². The van der Waals surface area contributed by atoms with Gasteiger partial charge < -0.3 is 19.6 Å². The second kappa shape index (κ2) is 10.0. The van der Waals surface area contributed by atoms with Gasteiger partial charge in [0.1, 0.15) is 11.5 Å². The summed E-state index contributed by atoms with van der Waals surface area (Å²) in [6.07, 6.45) is 1.62. The third-order valence-corrected chi connectivity index (χ3v) is 5.92. The zero-order valence-corrected chi connectivity index (χ0v) is 19.5. The summed E-state index contributed by atoms with van der Waals surface area (Å²) in [4.78, 5) is 29.7. The Morgan fingerprint density at radius 2 is 1.81 bits per heavy atom. The Kier molecular flexibility index (Phi) is 7.36. The molecule has 0 aliphatic carbocycles. The summed E-state index contributed by atoms with van der Waals surface area (Å²) >= 11 is 0. The Hall–Kier alpha value is -3.12. The maximum Gasteiger partial charge on any atom is 0.295 e. The predicted octanol–water partition coefficient (Wildman–Crippen LogP) is 3.94. The van der Waals surface area contributed by atoms with E-state index < -0.39 is 17.7 Å². The number of methoxy groups -OCH3 is 1. The summed E-state index contributed by atoms with van der Waals surface area (Å²) in [7, 11) is 5.53. The average molecular weight is 437 g/mol. The third kappa shape index (κ3) is 4.70. The Morgan fingerprint density at radius 3 is 2.38 bits per heavy atom. The Balaban J connectivity index is 2.10. The van der Waals surface area contributed by atoms with Crippen molar-refractivity contribution in [3.05, 3.63) is 70.3 Å². The summed E-state index contributed by atoms with van der Waals surface area (Å²) in [5.74, 6) is -0.684. The van der Waals surface area contributed by atoms with Crippen molar-refractivity contribution >= 4 is 17.4 Å². The van der Waals surface area contributed by atoms with Crippen LogP contribution in [0, 0.1) is 6.92 Å². The Bertz CT molecular complexity index is 1020. The molecule has 1 N–H and O–H groups in total. The van der Waals surface area contributed by atoms with E-state index in [0.717, 1.165) is 30.5 Å². The van der Waals surface area contributed by atoms with E-state index in [0.29, 0.717) is 17.9 Å². The van der Waals surface area contributed by atoms with Crippen LogP contribution in [0.3, 0.4) is 0 Å². The molecule has 1 amide bonds. The molecule has 0 saturated carbocycles. The molecule has 1 aliphatic rings. The number of benzene rings is 2. The molecule has 1 heterocycles. The largest absolute Gasteiger partial charge is 0.507 e. The molecule has 6 heteroatoms. The quantitative estimate of drug-likeness (QED) is 0.386. The van der Waals surface area contributed by atoms with Crippen LogP contribution in [0.2, 0.25) is 0 Å². The van der Waals surface area contributed by atoms with E-state index in [1.807, 2.05) is 50.2 Å². The fourth-order valence-corrected chi connectivity index (χ4v) is 4.13. The molecule has 1 saturated heterocycles. The fraction of sp³-hybridized carbons (Fsp3) is 0.385. The van der Waals surface area contributed by atoms with Crippen molar-refractivity contribution in [2.75, 3.05) is 34.3 Å². The molecule has 170 valence electrons. The smallest absolute Gasteiger partial charge is 0.295 e. The molecule has 1 fully saturated rings. The number of nitrogens with zero attached hydrogens (tertiary/aromatic N) is 2. The molecule has 3 rings (SSSR count). The minimum Gasteiger partial charge on any atom is -0.507 e. The van der Waals surface area contributed by atoms with Crippen LogP contribution in [-0.2, 0) is 16.0 Å². The summed E-state index contributed by atoms with van der Waals surface area (Å²) in [6, 6.07) is 12.5. The summed E-state index contributed by atoms with van der Waals surface area (Å²) in [5.41, 5.74) is 3.45. The highest BCUT2D eigenvalue weighted by molar-refractivity contribution is 6.46. The highest BCUT2D eigenvalue weighted by Crippen LogP contribution is 2.40. The molecule has 2 aromatic rings. The van der Waals surface area contributed by atoms with Crippen LogP contribution < -0.4 is 4.74 Å². The lowest BCUT2D eigenvalue weighted by molar-refractivity contribution is -0.139. The molecule has 0 aromatic heterocycles. The van der Waals surface area contributed by atoms with Crippen molar-refractivity contribution < 1.29 is 19.4 Å². The van der Waals surface area contributed by atoms with Crippen LogP contribution in [0.25, 0.3) is 5.76 Å². The highest BCUT2D eigenvalue weighted by Gasteiger charge is 2.45. The molecule has 6 nitrogen and oxygen atoms in total. The van der Waals surface area contributed by atoms with Crippen LogP contribution in [-0.4, -0.2) is 60.9 Å².